The summed E-state index contributed by atoms with van der Waals surface area (Å²) in [4.78, 5) is 17.4. The van der Waals surface area contributed by atoms with Crippen molar-refractivity contribution in [2.24, 2.45) is 17.6 Å². The molecule has 4 nitrogen and oxygen atoms in total. The van der Waals surface area contributed by atoms with Gasteiger partial charge in [-0.1, -0.05) is 38.9 Å². The Bertz CT molecular complexity index is 358. The highest BCUT2D eigenvalue weighted by molar-refractivity contribution is 7.80. The lowest BCUT2D eigenvalue weighted by molar-refractivity contribution is -0.136. The molecule has 2 rings (SSSR count). The van der Waals surface area contributed by atoms with E-state index in [0.717, 1.165) is 32.2 Å². The van der Waals surface area contributed by atoms with Crippen molar-refractivity contribution in [2.45, 2.75) is 45.6 Å². The molecule has 1 heterocycles. The van der Waals surface area contributed by atoms with Crippen molar-refractivity contribution in [1.29, 1.82) is 0 Å². The Balaban J connectivity index is 1.89. The Morgan fingerprint density at radius 2 is 1.70 bits per heavy atom. The summed E-state index contributed by atoms with van der Waals surface area (Å²) in [6, 6.07) is 0.753. The van der Waals surface area contributed by atoms with Gasteiger partial charge >= 0.3 is 0 Å². The normalized spacial score (nSPS) is 23.2. The van der Waals surface area contributed by atoms with E-state index >= 15 is 0 Å². The van der Waals surface area contributed by atoms with Crippen LogP contribution in [0.3, 0.4) is 0 Å². The first-order chi connectivity index (χ1) is 9.50. The molecule has 1 amide bonds. The minimum atomic E-state index is -0.303. The molecule has 20 heavy (non-hydrogen) atoms. The molecule has 1 atom stereocenters. The van der Waals surface area contributed by atoms with Crippen molar-refractivity contribution in [1.82, 2.24) is 9.80 Å². The Kier molecular flexibility index (Phi) is 5.38. The fourth-order valence-electron chi connectivity index (χ4n) is 3.51. The van der Waals surface area contributed by atoms with Crippen molar-refractivity contribution in [2.75, 3.05) is 26.2 Å². The summed E-state index contributed by atoms with van der Waals surface area (Å²) < 4.78 is 0. The number of hydrogen-bond donors (Lipinski definition) is 1. The smallest absolute Gasteiger partial charge is 0.232 e. The third kappa shape index (κ3) is 3.50. The van der Waals surface area contributed by atoms with Crippen LogP contribution in [0.5, 0.6) is 0 Å². The summed E-state index contributed by atoms with van der Waals surface area (Å²) >= 11 is 5.07. The number of hydrogen-bond acceptors (Lipinski definition) is 3. The van der Waals surface area contributed by atoms with E-state index in [1.54, 1.807) is 0 Å². The largest absolute Gasteiger partial charge is 0.393 e. The predicted octanol–water partition coefficient (Wildman–Crippen LogP) is 1.63. The molecule has 2 N–H and O–H groups in total. The van der Waals surface area contributed by atoms with Crippen molar-refractivity contribution >= 4 is 23.1 Å². The summed E-state index contributed by atoms with van der Waals surface area (Å²) in [7, 11) is 0. The number of amides is 1. The fourth-order valence-corrected chi connectivity index (χ4v) is 3.88. The molecule has 0 aromatic heterocycles. The number of thiocarbonyl (C=S) groups is 1. The van der Waals surface area contributed by atoms with Gasteiger partial charge in [-0.2, -0.15) is 0 Å². The van der Waals surface area contributed by atoms with E-state index in [4.69, 9.17) is 18.0 Å². The Hall–Kier alpha value is -0.680. The SMILES string of the molecule is CC(C)C(C(=O)N1CCN(C2CCCC2)CC1)C(N)=S. The van der Waals surface area contributed by atoms with Crippen LogP contribution in [0.1, 0.15) is 39.5 Å². The zero-order valence-electron chi connectivity index (χ0n) is 12.7. The van der Waals surface area contributed by atoms with Gasteiger partial charge in [-0.25, -0.2) is 0 Å². The maximum atomic E-state index is 12.5. The molecular weight excluding hydrogens is 270 g/mol. The van der Waals surface area contributed by atoms with Gasteiger partial charge in [0, 0.05) is 32.2 Å². The van der Waals surface area contributed by atoms with Crippen LogP contribution in [0, 0.1) is 11.8 Å². The van der Waals surface area contributed by atoms with Crippen molar-refractivity contribution < 1.29 is 4.79 Å². The molecule has 5 heteroatoms. The first-order valence-electron chi connectivity index (χ1n) is 7.83. The van der Waals surface area contributed by atoms with Crippen LogP contribution in [0.25, 0.3) is 0 Å². The molecule has 2 fully saturated rings. The van der Waals surface area contributed by atoms with Crippen LogP contribution < -0.4 is 5.73 Å². The molecule has 1 unspecified atom stereocenters. The molecular formula is C15H27N3OS. The highest BCUT2D eigenvalue weighted by Crippen LogP contribution is 2.25. The van der Waals surface area contributed by atoms with Crippen LogP contribution in [-0.2, 0) is 4.79 Å². The number of carbonyl (C=O) groups excluding carboxylic acids is 1. The number of piperazine rings is 1. The van der Waals surface area contributed by atoms with Crippen LogP contribution in [-0.4, -0.2) is 52.9 Å². The van der Waals surface area contributed by atoms with Crippen molar-refractivity contribution in [3.8, 4) is 0 Å². The first-order valence-corrected chi connectivity index (χ1v) is 8.23. The van der Waals surface area contributed by atoms with E-state index in [1.165, 1.54) is 25.7 Å². The van der Waals surface area contributed by atoms with Gasteiger partial charge in [0.1, 0.15) is 0 Å². The lowest BCUT2D eigenvalue weighted by Gasteiger charge is -2.39. The summed E-state index contributed by atoms with van der Waals surface area (Å²) in [5.74, 6) is -0.00513. The second-order valence-corrected chi connectivity index (χ2v) is 6.89. The van der Waals surface area contributed by atoms with Gasteiger partial charge in [-0.15, -0.1) is 0 Å². The maximum Gasteiger partial charge on any atom is 0.232 e. The van der Waals surface area contributed by atoms with Gasteiger partial charge in [0.25, 0.3) is 0 Å². The molecule has 114 valence electrons. The monoisotopic (exact) mass is 297 g/mol. The van der Waals surface area contributed by atoms with Gasteiger partial charge < -0.3 is 10.6 Å². The van der Waals surface area contributed by atoms with Gasteiger partial charge in [-0.3, -0.25) is 9.69 Å². The Morgan fingerprint density at radius 3 is 2.15 bits per heavy atom. The quantitative estimate of drug-likeness (QED) is 0.801. The standard InChI is InChI=1S/C15H27N3OS/c1-11(2)13(14(16)20)15(19)18-9-7-17(8-10-18)12-5-3-4-6-12/h11-13H,3-10H2,1-2H3,(H2,16,20). The molecule has 1 saturated carbocycles. The summed E-state index contributed by atoms with van der Waals surface area (Å²) in [6.07, 6.45) is 5.38. The van der Waals surface area contributed by atoms with Crippen LogP contribution in [0.15, 0.2) is 0 Å². The molecule has 0 aromatic rings. The number of carbonyl (C=O) groups is 1. The molecule has 0 spiro atoms. The zero-order chi connectivity index (χ0) is 14.7. The summed E-state index contributed by atoms with van der Waals surface area (Å²) in [5.41, 5.74) is 5.75. The van der Waals surface area contributed by atoms with Gasteiger partial charge in [-0.05, 0) is 18.8 Å². The fraction of sp³-hybridized carbons (Fsp3) is 0.867. The highest BCUT2D eigenvalue weighted by atomic mass is 32.1. The average Bonchev–Trinajstić information content (AvgIpc) is 2.91. The maximum absolute atomic E-state index is 12.5. The summed E-state index contributed by atoms with van der Waals surface area (Å²) in [6.45, 7) is 7.66. The molecule has 0 aromatic carbocycles. The van der Waals surface area contributed by atoms with E-state index in [2.05, 4.69) is 4.90 Å². The Labute approximate surface area is 127 Å². The molecule has 1 saturated heterocycles. The number of rotatable bonds is 4. The Morgan fingerprint density at radius 1 is 1.15 bits per heavy atom. The van der Waals surface area contributed by atoms with Gasteiger partial charge in [0.05, 0.1) is 10.9 Å². The molecule has 1 aliphatic heterocycles. The minimum absolute atomic E-state index is 0.124. The number of nitrogens with zero attached hydrogens (tertiary/aromatic N) is 2. The second kappa shape index (κ2) is 6.85. The predicted molar refractivity (Wildman–Crippen MR) is 85.5 cm³/mol. The molecule has 1 aliphatic carbocycles. The minimum Gasteiger partial charge on any atom is -0.393 e. The van der Waals surface area contributed by atoms with E-state index < -0.39 is 0 Å². The lowest BCUT2D eigenvalue weighted by atomic mass is 9.94. The summed E-state index contributed by atoms with van der Waals surface area (Å²) in [5, 5.41) is 0. The molecule has 0 radical (unpaired) electrons. The van der Waals surface area contributed by atoms with Crippen molar-refractivity contribution in [3.05, 3.63) is 0 Å². The van der Waals surface area contributed by atoms with E-state index in [-0.39, 0.29) is 17.7 Å². The third-order valence-corrected chi connectivity index (χ3v) is 4.96. The molecule has 2 aliphatic rings. The van der Waals surface area contributed by atoms with Gasteiger partial charge in [0.2, 0.25) is 5.91 Å². The first kappa shape index (κ1) is 15.7. The second-order valence-electron chi connectivity index (χ2n) is 6.42. The van der Waals surface area contributed by atoms with E-state index in [9.17, 15) is 4.79 Å². The van der Waals surface area contributed by atoms with Crippen molar-refractivity contribution in [3.63, 3.8) is 0 Å². The van der Waals surface area contributed by atoms with E-state index in [1.807, 2.05) is 18.7 Å². The third-order valence-electron chi connectivity index (χ3n) is 4.71. The topological polar surface area (TPSA) is 49.6 Å². The van der Waals surface area contributed by atoms with Crippen LogP contribution in [0.4, 0.5) is 0 Å². The average molecular weight is 297 g/mol. The van der Waals surface area contributed by atoms with E-state index in [0.29, 0.717) is 4.99 Å². The van der Waals surface area contributed by atoms with Crippen LogP contribution in [0.2, 0.25) is 0 Å². The van der Waals surface area contributed by atoms with Crippen LogP contribution >= 0.6 is 12.2 Å². The zero-order valence-corrected chi connectivity index (χ0v) is 13.5. The molecule has 0 bridgehead atoms. The highest BCUT2D eigenvalue weighted by Gasteiger charge is 2.33. The number of nitrogens with two attached hydrogens (primary N) is 1. The lowest BCUT2D eigenvalue weighted by Crippen LogP contribution is -2.54. The van der Waals surface area contributed by atoms with Gasteiger partial charge in [0.15, 0.2) is 0 Å².